The van der Waals surface area contributed by atoms with Crippen molar-refractivity contribution in [1.82, 2.24) is 0 Å². The number of unbranched alkanes of at least 4 members (excludes halogenated alkanes) is 2. The van der Waals surface area contributed by atoms with E-state index in [1.807, 2.05) is 6.92 Å². The summed E-state index contributed by atoms with van der Waals surface area (Å²) in [5.74, 6) is 0.761. The zero-order valence-corrected chi connectivity index (χ0v) is 8.69. The first-order valence-corrected chi connectivity index (χ1v) is 5.84. The van der Waals surface area contributed by atoms with E-state index < -0.39 is 10.8 Å². The Morgan fingerprint density at radius 1 is 1.50 bits per heavy atom. The number of nitrogens with zero attached hydrogens (tertiary/aromatic N) is 1. The minimum absolute atomic E-state index is 0.312. The zero-order chi connectivity index (χ0) is 9.40. The van der Waals surface area contributed by atoms with Gasteiger partial charge in [-0.15, -0.1) is 0 Å². The van der Waals surface area contributed by atoms with E-state index in [0.717, 1.165) is 25.0 Å². The second-order valence-electron chi connectivity index (χ2n) is 2.92. The lowest BCUT2D eigenvalue weighted by Gasteiger charge is -2.06. The van der Waals surface area contributed by atoms with E-state index in [0.29, 0.717) is 11.7 Å². The quantitative estimate of drug-likeness (QED) is 0.598. The maximum atomic E-state index is 11.4. The molecule has 0 aromatic rings. The summed E-state index contributed by atoms with van der Waals surface area (Å²) < 4.78 is 11.4. The molecule has 0 radical (unpaired) electrons. The van der Waals surface area contributed by atoms with Gasteiger partial charge in [-0.3, -0.25) is 4.21 Å². The largest absolute Gasteiger partial charge is 0.259 e. The van der Waals surface area contributed by atoms with Crippen LogP contribution in [-0.2, 0) is 10.8 Å². The summed E-state index contributed by atoms with van der Waals surface area (Å²) >= 11 is 0. The van der Waals surface area contributed by atoms with Crippen LogP contribution in [0.25, 0.3) is 0 Å². The molecule has 0 spiro atoms. The first kappa shape index (κ1) is 11.6. The monoisotopic (exact) mass is 187 g/mol. The zero-order valence-electron chi connectivity index (χ0n) is 7.88. The van der Waals surface area contributed by atoms with Crippen molar-refractivity contribution in [2.75, 3.05) is 5.75 Å². The number of rotatable bonds is 6. The summed E-state index contributed by atoms with van der Waals surface area (Å²) in [5.41, 5.74) is 0. The Labute approximate surface area is 77.4 Å². The van der Waals surface area contributed by atoms with Crippen LogP contribution >= 0.6 is 0 Å². The molecule has 2 atom stereocenters. The van der Waals surface area contributed by atoms with Gasteiger partial charge in [0.1, 0.15) is 0 Å². The van der Waals surface area contributed by atoms with Crippen LogP contribution in [0.15, 0.2) is 0 Å². The van der Waals surface area contributed by atoms with Crippen LogP contribution in [0.5, 0.6) is 0 Å². The van der Waals surface area contributed by atoms with Crippen molar-refractivity contribution >= 4 is 10.8 Å². The first-order chi connectivity index (χ1) is 5.72. The molecule has 0 aromatic carbocycles. The van der Waals surface area contributed by atoms with Crippen molar-refractivity contribution in [2.24, 2.45) is 0 Å². The summed E-state index contributed by atoms with van der Waals surface area (Å²) in [6.45, 7) is 4.07. The summed E-state index contributed by atoms with van der Waals surface area (Å²) in [4.78, 5) is 0. The maximum absolute atomic E-state index is 11.4. The fraction of sp³-hybridized carbons (Fsp3) is 0.889. The molecule has 0 heterocycles. The highest BCUT2D eigenvalue weighted by atomic mass is 32.2. The third kappa shape index (κ3) is 5.31. The van der Waals surface area contributed by atoms with E-state index >= 15 is 0 Å². The van der Waals surface area contributed by atoms with Crippen LogP contribution in [0, 0.1) is 11.3 Å². The average Bonchev–Trinajstić information content (AvgIpc) is 2.10. The van der Waals surface area contributed by atoms with E-state index in [1.165, 1.54) is 0 Å². The van der Waals surface area contributed by atoms with Crippen LogP contribution < -0.4 is 0 Å². The average molecular weight is 187 g/mol. The summed E-state index contributed by atoms with van der Waals surface area (Å²) in [7, 11) is -0.678. The predicted molar refractivity (Wildman–Crippen MR) is 52.2 cm³/mol. The second kappa shape index (κ2) is 7.30. The van der Waals surface area contributed by atoms with E-state index in [-0.39, 0.29) is 0 Å². The van der Waals surface area contributed by atoms with Crippen LogP contribution in [0.3, 0.4) is 0 Å². The van der Waals surface area contributed by atoms with Gasteiger partial charge in [-0.1, -0.05) is 13.8 Å². The Kier molecular flexibility index (Phi) is 7.08. The molecule has 0 rings (SSSR count). The molecule has 0 aliphatic heterocycles. The SMILES string of the molecule is CCC(C)S(=O)CCCCC#N. The summed E-state index contributed by atoms with van der Waals surface area (Å²) in [5, 5.41) is 8.57. The fourth-order valence-electron chi connectivity index (χ4n) is 0.835. The molecule has 12 heavy (non-hydrogen) atoms. The number of nitriles is 1. The van der Waals surface area contributed by atoms with Crippen molar-refractivity contribution < 1.29 is 4.21 Å². The van der Waals surface area contributed by atoms with Gasteiger partial charge in [0.25, 0.3) is 0 Å². The van der Waals surface area contributed by atoms with E-state index in [9.17, 15) is 4.21 Å². The van der Waals surface area contributed by atoms with Crippen molar-refractivity contribution in [3.63, 3.8) is 0 Å². The maximum Gasteiger partial charge on any atom is 0.0621 e. The molecule has 0 amide bonds. The van der Waals surface area contributed by atoms with Gasteiger partial charge < -0.3 is 0 Å². The van der Waals surface area contributed by atoms with Crippen LogP contribution in [0.1, 0.15) is 39.5 Å². The Morgan fingerprint density at radius 3 is 2.67 bits per heavy atom. The molecule has 0 bridgehead atoms. The Hall–Kier alpha value is -0.360. The molecule has 3 heteroatoms. The van der Waals surface area contributed by atoms with Gasteiger partial charge in [-0.05, 0) is 19.3 Å². The van der Waals surface area contributed by atoms with Gasteiger partial charge in [0, 0.05) is 28.2 Å². The van der Waals surface area contributed by atoms with Crippen molar-refractivity contribution in [1.29, 1.82) is 5.26 Å². The van der Waals surface area contributed by atoms with Gasteiger partial charge in [-0.25, -0.2) is 0 Å². The van der Waals surface area contributed by atoms with Gasteiger partial charge in [0.2, 0.25) is 0 Å². The standard InChI is InChI=1S/C9H17NOS/c1-3-9(2)12(11)8-6-4-5-7-10/h9H,3-6,8H2,1-2H3. The second-order valence-corrected chi connectivity index (χ2v) is 4.89. The molecule has 70 valence electrons. The third-order valence-corrected chi connectivity index (χ3v) is 3.83. The predicted octanol–water partition coefficient (Wildman–Crippen LogP) is 2.23. The lowest BCUT2D eigenvalue weighted by Crippen LogP contribution is -2.12. The van der Waals surface area contributed by atoms with Crippen molar-refractivity contribution in [3.05, 3.63) is 0 Å². The molecular weight excluding hydrogens is 170 g/mol. The Balaban J connectivity index is 3.39. The van der Waals surface area contributed by atoms with Gasteiger partial charge >= 0.3 is 0 Å². The normalized spacial score (nSPS) is 15.1. The highest BCUT2D eigenvalue weighted by molar-refractivity contribution is 7.85. The van der Waals surface area contributed by atoms with Crippen LogP contribution in [0.4, 0.5) is 0 Å². The molecular formula is C9H17NOS. The number of hydrogen-bond donors (Lipinski definition) is 0. The smallest absolute Gasteiger partial charge is 0.0621 e. The number of hydrogen-bond acceptors (Lipinski definition) is 2. The molecule has 2 nitrogen and oxygen atoms in total. The molecule has 0 saturated carbocycles. The molecule has 0 aromatic heterocycles. The first-order valence-electron chi connectivity index (χ1n) is 4.46. The topological polar surface area (TPSA) is 40.9 Å². The van der Waals surface area contributed by atoms with Gasteiger partial charge in [-0.2, -0.15) is 5.26 Å². The summed E-state index contributed by atoms with van der Waals surface area (Å²) in [6, 6.07) is 2.09. The Bertz CT molecular complexity index is 174. The van der Waals surface area contributed by atoms with Crippen molar-refractivity contribution in [2.45, 2.75) is 44.8 Å². The highest BCUT2D eigenvalue weighted by Crippen LogP contribution is 2.04. The van der Waals surface area contributed by atoms with E-state index in [2.05, 4.69) is 13.0 Å². The minimum Gasteiger partial charge on any atom is -0.259 e. The Morgan fingerprint density at radius 2 is 2.17 bits per heavy atom. The fourth-order valence-corrected chi connectivity index (χ4v) is 2.10. The lowest BCUT2D eigenvalue weighted by molar-refractivity contribution is 0.665. The lowest BCUT2D eigenvalue weighted by atomic mass is 10.3. The van der Waals surface area contributed by atoms with Gasteiger partial charge in [0.15, 0.2) is 0 Å². The van der Waals surface area contributed by atoms with Gasteiger partial charge in [0.05, 0.1) is 6.07 Å². The molecule has 0 aliphatic rings. The van der Waals surface area contributed by atoms with E-state index in [1.54, 1.807) is 0 Å². The third-order valence-electron chi connectivity index (χ3n) is 1.91. The molecule has 0 N–H and O–H groups in total. The highest BCUT2D eigenvalue weighted by Gasteiger charge is 2.07. The van der Waals surface area contributed by atoms with Crippen LogP contribution in [-0.4, -0.2) is 15.2 Å². The minimum atomic E-state index is -0.678. The van der Waals surface area contributed by atoms with E-state index in [4.69, 9.17) is 5.26 Å². The van der Waals surface area contributed by atoms with Crippen LogP contribution in [0.2, 0.25) is 0 Å². The molecule has 0 saturated heterocycles. The summed E-state index contributed by atoms with van der Waals surface area (Å²) in [6.07, 6.45) is 3.38. The molecule has 0 fully saturated rings. The molecule has 0 aliphatic carbocycles. The molecule has 2 unspecified atom stereocenters. The van der Waals surface area contributed by atoms with Crippen molar-refractivity contribution in [3.8, 4) is 6.07 Å².